The first-order chi connectivity index (χ1) is 15.3. The van der Waals surface area contributed by atoms with Crippen LogP contribution in [0.1, 0.15) is 5.56 Å². The van der Waals surface area contributed by atoms with Crippen LogP contribution in [0.5, 0.6) is 11.5 Å². The number of sulfonamides is 1. The van der Waals surface area contributed by atoms with Crippen LogP contribution in [0.25, 0.3) is 0 Å². The number of anilines is 2. The van der Waals surface area contributed by atoms with Gasteiger partial charge >= 0.3 is 0 Å². The first kappa shape index (κ1) is 23.4. The topological polar surface area (TPSA) is 84.9 Å². The van der Waals surface area contributed by atoms with E-state index in [9.17, 15) is 13.2 Å². The summed E-state index contributed by atoms with van der Waals surface area (Å²) in [5.41, 5.74) is 1.49. The van der Waals surface area contributed by atoms with Gasteiger partial charge in [-0.2, -0.15) is 0 Å². The Bertz CT molecular complexity index is 1220. The molecule has 0 aliphatic heterocycles. The Morgan fingerprint density at radius 1 is 0.969 bits per heavy atom. The highest BCUT2D eigenvalue weighted by Crippen LogP contribution is 2.35. The van der Waals surface area contributed by atoms with Gasteiger partial charge in [-0.3, -0.25) is 9.10 Å². The second-order valence-corrected chi connectivity index (χ2v) is 9.19. The van der Waals surface area contributed by atoms with Gasteiger partial charge in [-0.1, -0.05) is 35.9 Å². The summed E-state index contributed by atoms with van der Waals surface area (Å²) in [7, 11) is -1.21. The molecule has 32 heavy (non-hydrogen) atoms. The van der Waals surface area contributed by atoms with E-state index in [-0.39, 0.29) is 16.3 Å². The molecule has 0 saturated heterocycles. The molecule has 0 fully saturated rings. The second-order valence-electron chi connectivity index (χ2n) is 6.89. The van der Waals surface area contributed by atoms with Gasteiger partial charge in [0.2, 0.25) is 5.91 Å². The summed E-state index contributed by atoms with van der Waals surface area (Å²) < 4.78 is 38.6. The zero-order chi connectivity index (χ0) is 23.3. The van der Waals surface area contributed by atoms with Crippen molar-refractivity contribution in [1.29, 1.82) is 0 Å². The number of carbonyl (C=O) groups is 1. The molecule has 1 N–H and O–H groups in total. The minimum absolute atomic E-state index is 0.0305. The van der Waals surface area contributed by atoms with Gasteiger partial charge in [0.05, 0.1) is 30.5 Å². The number of amides is 1. The Morgan fingerprint density at radius 3 is 2.28 bits per heavy atom. The number of nitrogens with zero attached hydrogens (tertiary/aromatic N) is 1. The first-order valence-corrected chi connectivity index (χ1v) is 11.4. The lowest BCUT2D eigenvalue weighted by Crippen LogP contribution is -2.38. The lowest BCUT2D eigenvalue weighted by atomic mass is 10.2. The molecule has 3 rings (SSSR count). The van der Waals surface area contributed by atoms with Crippen LogP contribution in [0.4, 0.5) is 11.4 Å². The molecule has 0 aromatic heterocycles. The lowest BCUT2D eigenvalue weighted by molar-refractivity contribution is -0.114. The molecular weight excluding hydrogens is 452 g/mol. The molecule has 0 aliphatic carbocycles. The molecule has 3 aromatic rings. The van der Waals surface area contributed by atoms with Gasteiger partial charge in [-0.25, -0.2) is 8.42 Å². The van der Waals surface area contributed by atoms with Crippen molar-refractivity contribution in [3.63, 3.8) is 0 Å². The quantitative estimate of drug-likeness (QED) is 0.519. The SMILES string of the molecule is COc1ccc(C)cc1NC(=O)CN(c1cc(Cl)ccc1OC)S(=O)(=O)c1ccccc1. The number of ether oxygens (including phenoxy) is 2. The minimum atomic E-state index is -4.11. The third-order valence-corrected chi connectivity index (χ3v) is 6.67. The number of hydrogen-bond acceptors (Lipinski definition) is 5. The van der Waals surface area contributed by atoms with E-state index in [1.54, 1.807) is 42.5 Å². The van der Waals surface area contributed by atoms with Crippen molar-refractivity contribution < 1.29 is 22.7 Å². The normalized spacial score (nSPS) is 11.0. The summed E-state index contributed by atoms with van der Waals surface area (Å²) in [6.07, 6.45) is 0. The fraction of sp³-hybridized carbons (Fsp3) is 0.174. The summed E-state index contributed by atoms with van der Waals surface area (Å²) in [5.74, 6) is 0.159. The molecule has 0 spiro atoms. The summed E-state index contributed by atoms with van der Waals surface area (Å²) in [4.78, 5) is 13.0. The van der Waals surface area contributed by atoms with Gasteiger partial charge in [0.15, 0.2) is 0 Å². The van der Waals surface area contributed by atoms with Crippen LogP contribution in [0.15, 0.2) is 71.6 Å². The summed E-state index contributed by atoms with van der Waals surface area (Å²) in [6.45, 7) is 1.36. The Labute approximate surface area is 192 Å². The van der Waals surface area contributed by atoms with E-state index < -0.39 is 22.5 Å². The van der Waals surface area contributed by atoms with E-state index in [1.807, 2.05) is 13.0 Å². The molecule has 0 atom stereocenters. The van der Waals surface area contributed by atoms with E-state index in [4.69, 9.17) is 21.1 Å². The number of methoxy groups -OCH3 is 2. The molecule has 0 saturated carbocycles. The fourth-order valence-electron chi connectivity index (χ4n) is 3.12. The van der Waals surface area contributed by atoms with Crippen molar-refractivity contribution in [2.45, 2.75) is 11.8 Å². The Hall–Kier alpha value is -3.23. The van der Waals surface area contributed by atoms with E-state index >= 15 is 0 Å². The Morgan fingerprint density at radius 2 is 1.62 bits per heavy atom. The Kier molecular flexibility index (Phi) is 7.27. The van der Waals surface area contributed by atoms with Crippen LogP contribution < -0.4 is 19.1 Å². The summed E-state index contributed by atoms with van der Waals surface area (Å²) in [6, 6.07) is 17.7. The van der Waals surface area contributed by atoms with Crippen LogP contribution in [0.3, 0.4) is 0 Å². The van der Waals surface area contributed by atoms with Gasteiger partial charge in [0.1, 0.15) is 18.0 Å². The summed E-state index contributed by atoms with van der Waals surface area (Å²) >= 11 is 6.14. The van der Waals surface area contributed by atoms with Crippen molar-refractivity contribution in [2.75, 3.05) is 30.4 Å². The highest BCUT2D eigenvalue weighted by atomic mass is 35.5. The number of hydrogen-bond donors (Lipinski definition) is 1. The van der Waals surface area contributed by atoms with Crippen molar-refractivity contribution in [3.8, 4) is 11.5 Å². The molecule has 1 amide bonds. The predicted octanol–water partition coefficient (Wildman–Crippen LogP) is 4.50. The standard InChI is InChI=1S/C23H23ClN2O5S/c1-16-9-11-21(30-2)19(13-16)25-23(27)15-26(20-14-17(24)10-12-22(20)31-3)32(28,29)18-7-5-4-6-8-18/h4-14H,15H2,1-3H3,(H,25,27). The molecule has 0 radical (unpaired) electrons. The van der Waals surface area contributed by atoms with Crippen LogP contribution in [0, 0.1) is 6.92 Å². The zero-order valence-electron chi connectivity index (χ0n) is 17.8. The van der Waals surface area contributed by atoms with E-state index in [0.29, 0.717) is 16.5 Å². The van der Waals surface area contributed by atoms with Gasteiger partial charge in [0, 0.05) is 5.02 Å². The van der Waals surface area contributed by atoms with Gasteiger partial charge in [-0.05, 0) is 55.0 Å². The number of nitrogens with one attached hydrogen (secondary N) is 1. The van der Waals surface area contributed by atoms with Gasteiger partial charge in [-0.15, -0.1) is 0 Å². The van der Waals surface area contributed by atoms with Crippen molar-refractivity contribution in [2.24, 2.45) is 0 Å². The molecule has 7 nitrogen and oxygen atoms in total. The minimum Gasteiger partial charge on any atom is -0.495 e. The maximum absolute atomic E-state index is 13.5. The van der Waals surface area contributed by atoms with Crippen molar-refractivity contribution >= 4 is 38.9 Å². The maximum atomic E-state index is 13.5. The molecule has 0 unspecified atom stereocenters. The van der Waals surface area contributed by atoms with Crippen molar-refractivity contribution in [1.82, 2.24) is 0 Å². The number of benzene rings is 3. The van der Waals surface area contributed by atoms with Crippen LogP contribution in [-0.2, 0) is 14.8 Å². The predicted molar refractivity (Wildman–Crippen MR) is 125 cm³/mol. The third kappa shape index (κ3) is 5.15. The van der Waals surface area contributed by atoms with E-state index in [0.717, 1.165) is 9.87 Å². The lowest BCUT2D eigenvalue weighted by Gasteiger charge is -2.26. The number of rotatable bonds is 8. The smallest absolute Gasteiger partial charge is 0.264 e. The highest BCUT2D eigenvalue weighted by Gasteiger charge is 2.30. The van der Waals surface area contributed by atoms with Gasteiger partial charge < -0.3 is 14.8 Å². The number of carbonyl (C=O) groups excluding carboxylic acids is 1. The molecule has 168 valence electrons. The zero-order valence-corrected chi connectivity index (χ0v) is 19.4. The third-order valence-electron chi connectivity index (χ3n) is 4.66. The molecule has 9 heteroatoms. The second kappa shape index (κ2) is 9.93. The molecule has 0 bridgehead atoms. The molecule has 0 aliphatic rings. The number of aryl methyl sites for hydroxylation is 1. The molecular formula is C23H23ClN2O5S. The average Bonchev–Trinajstić information content (AvgIpc) is 2.78. The fourth-order valence-corrected chi connectivity index (χ4v) is 4.73. The molecule has 0 heterocycles. The van der Waals surface area contributed by atoms with E-state index in [1.165, 1.54) is 32.4 Å². The van der Waals surface area contributed by atoms with Crippen LogP contribution in [0.2, 0.25) is 5.02 Å². The largest absolute Gasteiger partial charge is 0.495 e. The maximum Gasteiger partial charge on any atom is 0.264 e. The average molecular weight is 475 g/mol. The van der Waals surface area contributed by atoms with Crippen LogP contribution >= 0.6 is 11.6 Å². The summed E-state index contributed by atoms with van der Waals surface area (Å²) in [5, 5.41) is 3.04. The Balaban J connectivity index is 2.03. The van der Waals surface area contributed by atoms with E-state index in [2.05, 4.69) is 5.32 Å². The van der Waals surface area contributed by atoms with Gasteiger partial charge in [0.25, 0.3) is 10.0 Å². The first-order valence-electron chi connectivity index (χ1n) is 9.62. The van der Waals surface area contributed by atoms with Crippen LogP contribution in [-0.4, -0.2) is 35.1 Å². The monoisotopic (exact) mass is 474 g/mol. The highest BCUT2D eigenvalue weighted by molar-refractivity contribution is 7.92. The number of halogens is 1. The molecule has 3 aromatic carbocycles. The van der Waals surface area contributed by atoms with Crippen molar-refractivity contribution in [3.05, 3.63) is 77.3 Å².